The summed E-state index contributed by atoms with van der Waals surface area (Å²) in [5.74, 6) is 1.52. The van der Waals surface area contributed by atoms with Crippen LogP contribution in [0.5, 0.6) is 5.75 Å². The highest BCUT2D eigenvalue weighted by molar-refractivity contribution is 8.00. The molecular weight excluding hydrogens is 386 g/mol. The van der Waals surface area contributed by atoms with E-state index in [9.17, 15) is 4.79 Å². The standard InChI is InChI=1S/C21H23N5O2S/c1-3-28-17-11-9-16(10-12-17)18-19(29-21-24-23-14(2)26(21)25-18)20(27)22-13-15-7-5-4-6-8-15/h4-12,18-19,25H,3,13H2,1-2H3,(H,22,27)/t18-,19-/m0/s1. The number of benzene rings is 2. The van der Waals surface area contributed by atoms with Crippen molar-refractivity contribution in [1.82, 2.24) is 20.2 Å². The maximum atomic E-state index is 13.1. The lowest BCUT2D eigenvalue weighted by Crippen LogP contribution is -2.44. The maximum absolute atomic E-state index is 13.1. The molecular formula is C21H23N5O2S. The first-order chi connectivity index (χ1) is 14.2. The second-order valence-corrected chi connectivity index (χ2v) is 7.82. The van der Waals surface area contributed by atoms with Gasteiger partial charge in [0.1, 0.15) is 16.8 Å². The second-order valence-electron chi connectivity index (χ2n) is 6.72. The van der Waals surface area contributed by atoms with Crippen LogP contribution in [-0.4, -0.2) is 32.6 Å². The van der Waals surface area contributed by atoms with E-state index in [1.807, 2.05) is 73.1 Å². The monoisotopic (exact) mass is 409 g/mol. The Morgan fingerprint density at radius 2 is 1.93 bits per heavy atom. The summed E-state index contributed by atoms with van der Waals surface area (Å²) in [6, 6.07) is 17.5. The van der Waals surface area contributed by atoms with E-state index in [1.165, 1.54) is 11.8 Å². The topological polar surface area (TPSA) is 81.1 Å². The molecule has 2 aromatic carbocycles. The fraction of sp³-hybridized carbons (Fsp3) is 0.286. The molecule has 1 aliphatic heterocycles. The maximum Gasteiger partial charge on any atom is 0.236 e. The van der Waals surface area contributed by atoms with Crippen LogP contribution in [0, 0.1) is 6.92 Å². The van der Waals surface area contributed by atoms with Gasteiger partial charge in [-0.3, -0.25) is 4.79 Å². The number of rotatable bonds is 6. The molecule has 0 bridgehead atoms. The Morgan fingerprint density at radius 3 is 2.66 bits per heavy atom. The zero-order chi connectivity index (χ0) is 20.2. The molecule has 2 heterocycles. The predicted octanol–water partition coefficient (Wildman–Crippen LogP) is 3.06. The molecule has 150 valence electrons. The Balaban J connectivity index is 1.57. The van der Waals surface area contributed by atoms with Gasteiger partial charge in [-0.2, -0.15) is 0 Å². The number of carbonyl (C=O) groups excluding carboxylic acids is 1. The first-order valence-corrected chi connectivity index (χ1v) is 10.4. The van der Waals surface area contributed by atoms with Crippen LogP contribution in [0.2, 0.25) is 0 Å². The summed E-state index contributed by atoms with van der Waals surface area (Å²) in [7, 11) is 0. The molecule has 1 aromatic heterocycles. The number of fused-ring (bicyclic) bond motifs is 1. The smallest absolute Gasteiger partial charge is 0.236 e. The van der Waals surface area contributed by atoms with Crippen LogP contribution in [0.4, 0.5) is 0 Å². The molecule has 0 fully saturated rings. The van der Waals surface area contributed by atoms with E-state index in [4.69, 9.17) is 4.74 Å². The summed E-state index contributed by atoms with van der Waals surface area (Å²) in [5.41, 5.74) is 5.47. The van der Waals surface area contributed by atoms with Gasteiger partial charge in [0.2, 0.25) is 11.1 Å². The van der Waals surface area contributed by atoms with Crippen molar-refractivity contribution in [3.63, 3.8) is 0 Å². The Hall–Kier alpha value is -3.00. The molecule has 0 saturated heterocycles. The summed E-state index contributed by atoms with van der Waals surface area (Å²) in [4.78, 5) is 13.1. The van der Waals surface area contributed by atoms with Gasteiger partial charge >= 0.3 is 0 Å². The molecule has 1 aliphatic rings. The van der Waals surface area contributed by atoms with Crippen molar-refractivity contribution in [1.29, 1.82) is 0 Å². The average molecular weight is 410 g/mol. The largest absolute Gasteiger partial charge is 0.494 e. The van der Waals surface area contributed by atoms with Gasteiger partial charge in [0.15, 0.2) is 0 Å². The van der Waals surface area contributed by atoms with Crippen LogP contribution in [0.1, 0.15) is 29.9 Å². The van der Waals surface area contributed by atoms with E-state index in [0.29, 0.717) is 18.3 Å². The Morgan fingerprint density at radius 1 is 1.17 bits per heavy atom. The third-order valence-electron chi connectivity index (χ3n) is 4.72. The van der Waals surface area contributed by atoms with Crippen LogP contribution in [0.25, 0.3) is 0 Å². The summed E-state index contributed by atoms with van der Waals surface area (Å²) >= 11 is 1.42. The fourth-order valence-corrected chi connectivity index (χ4v) is 4.38. The minimum Gasteiger partial charge on any atom is -0.494 e. The van der Waals surface area contributed by atoms with Crippen molar-refractivity contribution in [2.75, 3.05) is 12.0 Å². The Kier molecular flexibility index (Phi) is 5.71. The number of aryl methyl sites for hydroxylation is 1. The van der Waals surface area contributed by atoms with Crippen LogP contribution in [0.15, 0.2) is 59.8 Å². The lowest BCUT2D eigenvalue weighted by molar-refractivity contribution is -0.121. The van der Waals surface area contributed by atoms with Gasteiger partial charge in [0.05, 0.1) is 12.6 Å². The van der Waals surface area contributed by atoms with Gasteiger partial charge < -0.3 is 15.5 Å². The first kappa shape index (κ1) is 19.3. The fourth-order valence-electron chi connectivity index (χ4n) is 3.23. The molecule has 2 N–H and O–H groups in total. The van der Waals surface area contributed by atoms with Gasteiger partial charge in [0.25, 0.3) is 0 Å². The number of ether oxygens (including phenoxy) is 1. The van der Waals surface area contributed by atoms with Crippen molar-refractivity contribution in [2.45, 2.75) is 36.8 Å². The Bertz CT molecular complexity index is 974. The third-order valence-corrected chi connectivity index (χ3v) is 5.93. The molecule has 0 saturated carbocycles. The SMILES string of the molecule is CCOc1ccc([C@@H]2Nn3c(C)nnc3S[C@@H]2C(=O)NCc2ccccc2)cc1. The van der Waals surface area contributed by atoms with Gasteiger partial charge in [-0.15, -0.1) is 10.2 Å². The molecule has 0 aliphatic carbocycles. The molecule has 8 heteroatoms. The van der Waals surface area contributed by atoms with E-state index in [0.717, 1.165) is 22.7 Å². The molecule has 4 rings (SSSR count). The van der Waals surface area contributed by atoms with Crippen molar-refractivity contribution < 1.29 is 9.53 Å². The molecule has 0 unspecified atom stereocenters. The molecule has 2 atom stereocenters. The van der Waals surface area contributed by atoms with Crippen molar-refractivity contribution in [3.8, 4) is 5.75 Å². The summed E-state index contributed by atoms with van der Waals surface area (Å²) < 4.78 is 7.38. The molecule has 3 aromatic rings. The highest BCUT2D eigenvalue weighted by atomic mass is 32.2. The quantitative estimate of drug-likeness (QED) is 0.651. The number of hydrogen-bond donors (Lipinski definition) is 2. The normalized spacial score (nSPS) is 17.9. The predicted molar refractivity (Wildman–Crippen MR) is 112 cm³/mol. The average Bonchev–Trinajstić information content (AvgIpc) is 3.12. The Labute approximate surface area is 173 Å². The van der Waals surface area contributed by atoms with Gasteiger partial charge in [-0.1, -0.05) is 54.2 Å². The van der Waals surface area contributed by atoms with Crippen molar-refractivity contribution >= 4 is 17.7 Å². The highest BCUT2D eigenvalue weighted by Gasteiger charge is 2.37. The minimum absolute atomic E-state index is 0.0443. The number of thioether (sulfide) groups is 1. The van der Waals surface area contributed by atoms with E-state index >= 15 is 0 Å². The zero-order valence-electron chi connectivity index (χ0n) is 16.3. The molecule has 1 amide bonds. The van der Waals surface area contributed by atoms with Crippen molar-refractivity contribution in [2.24, 2.45) is 0 Å². The summed E-state index contributed by atoms with van der Waals surface area (Å²) in [6.45, 7) is 4.94. The van der Waals surface area contributed by atoms with Gasteiger partial charge in [-0.25, -0.2) is 4.68 Å². The van der Waals surface area contributed by atoms with E-state index in [2.05, 4.69) is 20.9 Å². The number of nitrogens with one attached hydrogen (secondary N) is 2. The van der Waals surface area contributed by atoms with Crippen LogP contribution < -0.4 is 15.5 Å². The highest BCUT2D eigenvalue weighted by Crippen LogP contribution is 2.37. The van der Waals surface area contributed by atoms with Crippen LogP contribution in [-0.2, 0) is 11.3 Å². The summed E-state index contributed by atoms with van der Waals surface area (Å²) in [5, 5.41) is 11.7. The first-order valence-electron chi connectivity index (χ1n) is 9.55. The van der Waals surface area contributed by atoms with Gasteiger partial charge in [0, 0.05) is 6.54 Å². The number of carbonyl (C=O) groups is 1. The van der Waals surface area contributed by atoms with Crippen LogP contribution in [0.3, 0.4) is 0 Å². The lowest BCUT2D eigenvalue weighted by Gasteiger charge is -2.32. The number of nitrogens with zero attached hydrogens (tertiary/aromatic N) is 3. The summed E-state index contributed by atoms with van der Waals surface area (Å²) in [6.07, 6.45) is 0. The number of aromatic nitrogens is 3. The van der Waals surface area contributed by atoms with Gasteiger partial charge in [-0.05, 0) is 37.1 Å². The lowest BCUT2D eigenvalue weighted by atomic mass is 10.0. The second kappa shape index (κ2) is 8.57. The number of hydrogen-bond acceptors (Lipinski definition) is 6. The molecule has 0 spiro atoms. The van der Waals surface area contributed by atoms with E-state index in [-0.39, 0.29) is 17.2 Å². The van der Waals surface area contributed by atoms with E-state index in [1.54, 1.807) is 0 Å². The zero-order valence-corrected chi connectivity index (χ0v) is 17.1. The number of amides is 1. The molecule has 7 nitrogen and oxygen atoms in total. The molecule has 29 heavy (non-hydrogen) atoms. The third kappa shape index (κ3) is 4.22. The minimum atomic E-state index is -0.382. The van der Waals surface area contributed by atoms with Crippen molar-refractivity contribution in [3.05, 3.63) is 71.5 Å². The molecule has 0 radical (unpaired) electrons. The van der Waals surface area contributed by atoms with Crippen LogP contribution >= 0.6 is 11.8 Å². The van der Waals surface area contributed by atoms with E-state index < -0.39 is 0 Å².